The first kappa shape index (κ1) is 63.5. The number of fused-ring (bicyclic) bond motifs is 10. The van der Waals surface area contributed by atoms with Crippen molar-refractivity contribution in [2.45, 2.75) is 24.7 Å². The molecule has 106 heavy (non-hydrogen) atoms. The predicted octanol–water partition coefficient (Wildman–Crippen LogP) is 22.9. The summed E-state index contributed by atoms with van der Waals surface area (Å²) < 4.78 is 189. The van der Waals surface area contributed by atoms with Gasteiger partial charge in [0.2, 0.25) is 13.4 Å². The Morgan fingerprint density at radius 2 is 0.443 bits per heavy atom. The highest BCUT2D eigenvalue weighted by atomic mass is 19.4. The summed E-state index contributed by atoms with van der Waals surface area (Å²) >= 11 is 0. The molecule has 0 atom stereocenters. The van der Waals surface area contributed by atoms with E-state index in [2.05, 4.69) is 24.3 Å². The van der Waals surface area contributed by atoms with Crippen LogP contribution in [0.2, 0.25) is 0 Å². The lowest BCUT2D eigenvalue weighted by Gasteiger charge is -2.34. The van der Waals surface area contributed by atoms with E-state index in [1.807, 2.05) is 206 Å². The van der Waals surface area contributed by atoms with Crippen LogP contribution in [-0.4, -0.2) is 13.4 Å². The highest BCUT2D eigenvalue weighted by molar-refractivity contribution is 7.03. The molecule has 16 aromatic carbocycles. The minimum atomic E-state index is -5.02. The van der Waals surface area contributed by atoms with Crippen LogP contribution in [0.3, 0.4) is 0 Å². The molecule has 0 aliphatic carbocycles. The molecule has 0 saturated heterocycles. The molecule has 0 saturated carbocycles. The van der Waals surface area contributed by atoms with E-state index in [4.69, 9.17) is 0 Å². The first-order valence-corrected chi connectivity index (χ1v) is 34.6. The molecular weight excluding hydrogens is 1350 g/mol. The minimum Gasteiger partial charge on any atom is -0.166 e. The third-order valence-electron chi connectivity index (χ3n) is 22.3. The maximum atomic E-state index is 16.2. The van der Waals surface area contributed by atoms with Crippen molar-refractivity contribution in [1.29, 1.82) is 0 Å². The van der Waals surface area contributed by atoms with Crippen molar-refractivity contribution in [3.05, 3.63) is 313 Å². The summed E-state index contributed by atoms with van der Waals surface area (Å²) in [6.07, 6.45) is -19.8. The molecule has 0 bridgehead atoms. The van der Waals surface area contributed by atoms with E-state index < -0.39 is 60.4 Å². The molecule has 0 N–H and O–H groups in total. The normalized spacial score (nSPS) is 13.2. The van der Waals surface area contributed by atoms with Gasteiger partial charge in [0.1, 0.15) is 0 Å². The van der Waals surface area contributed by atoms with Crippen molar-refractivity contribution in [2.75, 3.05) is 0 Å². The summed E-state index contributed by atoms with van der Waals surface area (Å²) in [6, 6.07) is 85.3. The van der Waals surface area contributed by atoms with Gasteiger partial charge in [0.15, 0.2) is 0 Å². The molecule has 14 heteroatoms. The third kappa shape index (κ3) is 9.54. The van der Waals surface area contributed by atoms with Crippen molar-refractivity contribution < 1.29 is 52.7 Å². The van der Waals surface area contributed by atoms with Gasteiger partial charge in [0, 0.05) is 0 Å². The van der Waals surface area contributed by atoms with Crippen LogP contribution in [-0.2, 0) is 24.7 Å². The van der Waals surface area contributed by atoms with Crippen LogP contribution in [0.15, 0.2) is 291 Å². The molecule has 0 radical (unpaired) electrons. The Morgan fingerprint density at radius 3 is 0.726 bits per heavy atom. The van der Waals surface area contributed by atoms with E-state index in [1.165, 1.54) is 12.1 Å². The fourth-order valence-electron chi connectivity index (χ4n) is 17.9. The molecule has 4 aliphatic heterocycles. The monoisotopic (exact) mass is 1400 g/mol. The Bertz CT molecular complexity index is 5890. The average molecular weight is 1400 g/mol. The number of hydrogen-bond acceptors (Lipinski definition) is 0. The highest BCUT2D eigenvalue weighted by Crippen LogP contribution is 2.57. The van der Waals surface area contributed by atoms with Crippen molar-refractivity contribution in [1.82, 2.24) is 0 Å². The summed E-state index contributed by atoms with van der Waals surface area (Å²) in [6.45, 7) is -1.99. The van der Waals surface area contributed by atoms with Crippen LogP contribution >= 0.6 is 0 Å². The van der Waals surface area contributed by atoms with Crippen molar-refractivity contribution in [2.24, 2.45) is 0 Å². The number of halogens is 12. The summed E-state index contributed by atoms with van der Waals surface area (Å²) in [5.74, 6) is 0. The molecule has 0 aromatic heterocycles. The Labute approximate surface area is 599 Å². The molecule has 506 valence electrons. The van der Waals surface area contributed by atoms with Gasteiger partial charge >= 0.3 is 24.7 Å². The van der Waals surface area contributed by atoms with E-state index in [1.54, 1.807) is 0 Å². The zero-order chi connectivity index (χ0) is 72.2. The number of rotatable bonds is 8. The fraction of sp³-hybridized carbons (Fsp3) is 0.0435. The van der Waals surface area contributed by atoms with Crippen LogP contribution in [0.4, 0.5) is 52.7 Å². The van der Waals surface area contributed by atoms with Gasteiger partial charge in [-0.25, -0.2) is 0 Å². The Kier molecular flexibility index (Phi) is 13.6. The second-order valence-electron chi connectivity index (χ2n) is 28.0. The topological polar surface area (TPSA) is 0 Å². The van der Waals surface area contributed by atoms with Gasteiger partial charge in [0.05, 0.1) is 22.3 Å². The quantitative estimate of drug-likeness (QED) is 0.0808. The van der Waals surface area contributed by atoms with Crippen LogP contribution < -0.4 is 32.8 Å². The van der Waals surface area contributed by atoms with E-state index in [9.17, 15) is 0 Å². The van der Waals surface area contributed by atoms with Crippen LogP contribution in [0, 0.1) is 0 Å². The highest BCUT2D eigenvalue weighted by Gasteiger charge is 2.49. The van der Waals surface area contributed by atoms with Gasteiger partial charge in [-0.05, 0) is 239 Å². The average Bonchev–Trinajstić information content (AvgIpc) is 1.20. The van der Waals surface area contributed by atoms with Gasteiger partial charge in [-0.15, -0.1) is 0 Å². The van der Waals surface area contributed by atoms with Gasteiger partial charge < -0.3 is 0 Å². The minimum absolute atomic E-state index is 0.0155. The molecule has 0 fully saturated rings. The van der Waals surface area contributed by atoms with Gasteiger partial charge in [-0.1, -0.05) is 251 Å². The summed E-state index contributed by atoms with van der Waals surface area (Å²) in [4.78, 5) is 0. The molecule has 16 aromatic rings. The predicted molar refractivity (Wildman–Crippen MR) is 405 cm³/mol. The first-order valence-electron chi connectivity index (χ1n) is 34.6. The van der Waals surface area contributed by atoms with Crippen molar-refractivity contribution >= 4 is 78.5 Å². The maximum Gasteiger partial charge on any atom is 0.416 e. The smallest absolute Gasteiger partial charge is 0.166 e. The van der Waals surface area contributed by atoms with Crippen molar-refractivity contribution in [3.8, 4) is 134 Å². The second kappa shape index (κ2) is 22.7. The fourth-order valence-corrected chi connectivity index (χ4v) is 17.9. The van der Waals surface area contributed by atoms with Gasteiger partial charge in [-0.3, -0.25) is 0 Å². The van der Waals surface area contributed by atoms with E-state index >= 15 is 52.7 Å². The number of benzene rings is 16. The van der Waals surface area contributed by atoms with E-state index in [0.29, 0.717) is 121 Å². The van der Waals surface area contributed by atoms with E-state index in [-0.39, 0.29) is 33.4 Å². The molecule has 4 aliphatic rings. The molecule has 0 spiro atoms. The lowest BCUT2D eigenvalue weighted by atomic mass is 9.34. The first-order chi connectivity index (χ1) is 51.1. The standard InChI is InChI=1S/C92H48B2F12/c95-89(96,97)57-31-33-77-66(40-57)74-42-60(92(104,105)106)44-76-70-46-68(82-63(53-27-15-5-16-28-53)37-56(50-21-9-2-10-22-50)38-64(82)54-29-17-6-18-30-54)72-48-80-83-69(75-43-59(91(101,102)103)41-73-65-39-58(90(98,99)100)32-34-78(65)94(80)87(73)75)45-67(71-47-79(93(77)88(74)76)84(70)86(72)85(71)83)81-61(51-23-11-3-12-24-51)35-55(49-19-7-1-8-20-49)36-62(81)52-25-13-4-14-26-52/h1-48H. The van der Waals surface area contributed by atoms with Crippen LogP contribution in [0.25, 0.3) is 166 Å². The second-order valence-corrected chi connectivity index (χ2v) is 28.0. The largest absolute Gasteiger partial charge is 0.416 e. The molecular formula is C92H48B2F12. The Hall–Kier alpha value is -12.2. The third-order valence-corrected chi connectivity index (χ3v) is 22.3. The summed E-state index contributed by atoms with van der Waals surface area (Å²) in [5.41, 5.74) is 10.8. The van der Waals surface area contributed by atoms with Crippen molar-refractivity contribution in [3.63, 3.8) is 0 Å². The zero-order valence-corrected chi connectivity index (χ0v) is 55.4. The SMILES string of the molecule is FC(F)(F)c1ccc2c(c1)-c1cc(C(F)(F)F)cc3c1B2c1cc2c(-c4c(-c5ccccc5)cc(-c5ccccc5)cc4-c4ccccc4)cc4c5c(cc6c(-c7c(-c8ccccc8)cc(-c8ccccc8)cc7-c7ccccc7)cc-3c1c6c25)B1c2ccc(C(F)(F)F)cc2-c2cc(C(F)(F)F)cc-4c21. The number of alkyl halides is 12. The molecule has 0 unspecified atom stereocenters. The lowest BCUT2D eigenvalue weighted by molar-refractivity contribution is -0.138. The molecule has 20 rings (SSSR count). The molecule has 0 amide bonds. The van der Waals surface area contributed by atoms with E-state index in [0.717, 1.165) is 93.0 Å². The number of hydrogen-bond donors (Lipinski definition) is 0. The molecule has 4 heterocycles. The summed E-state index contributed by atoms with van der Waals surface area (Å²) in [5, 5.41) is 3.10. The Morgan fingerprint density at radius 1 is 0.179 bits per heavy atom. The lowest BCUT2D eigenvalue weighted by Crippen LogP contribution is -2.53. The summed E-state index contributed by atoms with van der Waals surface area (Å²) in [7, 11) is 0. The maximum absolute atomic E-state index is 16.2. The Balaban J connectivity index is 1.06. The zero-order valence-electron chi connectivity index (χ0n) is 55.4. The van der Waals surface area contributed by atoms with Crippen LogP contribution in [0.5, 0.6) is 0 Å². The van der Waals surface area contributed by atoms with Gasteiger partial charge in [0.25, 0.3) is 0 Å². The van der Waals surface area contributed by atoms with Crippen LogP contribution in [0.1, 0.15) is 22.3 Å². The molecule has 0 nitrogen and oxygen atoms in total. The van der Waals surface area contributed by atoms with Gasteiger partial charge in [-0.2, -0.15) is 52.7 Å².